The minimum Gasteiger partial charge on any atom is -0.352 e. The summed E-state index contributed by atoms with van der Waals surface area (Å²) in [4.78, 5) is 13.8. The second-order valence-electron chi connectivity index (χ2n) is 6.53. The molecule has 0 aromatic heterocycles. The summed E-state index contributed by atoms with van der Waals surface area (Å²) in [6, 6.07) is 19.2. The fourth-order valence-electron chi connectivity index (χ4n) is 3.12. The molecule has 0 saturated carbocycles. The predicted molar refractivity (Wildman–Crippen MR) is 103 cm³/mol. The molecule has 1 amide bonds. The molecule has 25 heavy (non-hydrogen) atoms. The van der Waals surface area contributed by atoms with Crippen LogP contribution in [0.25, 0.3) is 5.57 Å². The second-order valence-corrected chi connectivity index (χ2v) is 6.53. The normalized spacial score (nSPS) is 14.8. The van der Waals surface area contributed by atoms with E-state index < -0.39 is 0 Å². The smallest absolute Gasteiger partial charge is 0.219 e. The molecule has 3 rings (SSSR count). The van der Waals surface area contributed by atoms with Crippen molar-refractivity contribution in [3.8, 4) is 0 Å². The first kappa shape index (κ1) is 17.4. The molecule has 1 N–H and O–H groups in total. The zero-order valence-corrected chi connectivity index (χ0v) is 14.9. The lowest BCUT2D eigenvalue weighted by Crippen LogP contribution is -2.28. The van der Waals surface area contributed by atoms with Gasteiger partial charge in [-0.2, -0.15) is 0 Å². The van der Waals surface area contributed by atoms with E-state index in [-0.39, 0.29) is 5.91 Å². The van der Waals surface area contributed by atoms with Crippen LogP contribution in [0.5, 0.6) is 0 Å². The molecule has 130 valence electrons. The van der Waals surface area contributed by atoms with Crippen molar-refractivity contribution < 1.29 is 4.79 Å². The van der Waals surface area contributed by atoms with E-state index in [1.807, 2.05) is 6.92 Å². The maximum atomic E-state index is 11.3. The molecular formula is C22H26N2O. The molecule has 0 fully saturated rings. The van der Waals surface area contributed by atoms with Gasteiger partial charge < -0.3 is 5.32 Å². The summed E-state index contributed by atoms with van der Waals surface area (Å²) in [5.41, 5.74) is 5.24. The maximum absolute atomic E-state index is 11.3. The average Bonchev–Trinajstić information content (AvgIpc) is 2.68. The van der Waals surface area contributed by atoms with E-state index in [0.717, 1.165) is 31.6 Å². The van der Waals surface area contributed by atoms with Crippen LogP contribution in [-0.2, 0) is 17.9 Å². The molecule has 0 spiro atoms. The molecule has 1 aliphatic rings. The lowest BCUT2D eigenvalue weighted by Gasteiger charge is -2.26. The van der Waals surface area contributed by atoms with Crippen LogP contribution in [-0.4, -0.2) is 23.9 Å². The lowest BCUT2D eigenvalue weighted by atomic mass is 9.98. The van der Waals surface area contributed by atoms with E-state index in [1.54, 1.807) is 0 Å². The highest BCUT2D eigenvalue weighted by Crippen LogP contribution is 2.23. The molecule has 2 aromatic carbocycles. The summed E-state index contributed by atoms with van der Waals surface area (Å²) in [6.07, 6.45) is 3.96. The van der Waals surface area contributed by atoms with Gasteiger partial charge in [-0.25, -0.2) is 0 Å². The fourth-order valence-corrected chi connectivity index (χ4v) is 3.12. The number of amides is 1. The fraction of sp³-hybridized carbons (Fsp3) is 0.318. The Morgan fingerprint density at radius 1 is 1.04 bits per heavy atom. The molecule has 1 heterocycles. The third-order valence-corrected chi connectivity index (χ3v) is 4.68. The van der Waals surface area contributed by atoms with E-state index in [4.69, 9.17) is 0 Å². The Morgan fingerprint density at radius 3 is 2.44 bits per heavy atom. The van der Waals surface area contributed by atoms with Crippen LogP contribution in [0.4, 0.5) is 0 Å². The van der Waals surface area contributed by atoms with Crippen LogP contribution in [0.1, 0.15) is 36.5 Å². The molecule has 2 aromatic rings. The van der Waals surface area contributed by atoms with Crippen molar-refractivity contribution in [3.05, 3.63) is 77.4 Å². The molecule has 0 atom stereocenters. The van der Waals surface area contributed by atoms with Crippen LogP contribution in [0.15, 0.2) is 60.7 Å². The lowest BCUT2D eigenvalue weighted by molar-refractivity contribution is -0.120. The van der Waals surface area contributed by atoms with Crippen LogP contribution >= 0.6 is 0 Å². The van der Waals surface area contributed by atoms with Crippen LogP contribution in [0.3, 0.4) is 0 Å². The van der Waals surface area contributed by atoms with Crippen molar-refractivity contribution in [1.29, 1.82) is 0 Å². The molecule has 0 bridgehead atoms. The van der Waals surface area contributed by atoms with Crippen molar-refractivity contribution >= 4 is 11.5 Å². The predicted octanol–water partition coefficient (Wildman–Crippen LogP) is 4.00. The number of hydrogen-bond donors (Lipinski definition) is 1. The van der Waals surface area contributed by atoms with E-state index in [9.17, 15) is 4.79 Å². The molecule has 1 aliphatic heterocycles. The molecular weight excluding hydrogens is 308 g/mol. The number of carbonyl (C=O) groups excluding carboxylic acids is 1. The summed E-state index contributed by atoms with van der Waals surface area (Å²) in [5.74, 6) is 0.0950. The summed E-state index contributed by atoms with van der Waals surface area (Å²) in [5, 5.41) is 2.92. The van der Waals surface area contributed by atoms with Gasteiger partial charge >= 0.3 is 0 Å². The summed E-state index contributed by atoms with van der Waals surface area (Å²) >= 11 is 0. The van der Waals surface area contributed by atoms with Gasteiger partial charge in [0, 0.05) is 32.6 Å². The average molecular weight is 334 g/mol. The minimum absolute atomic E-state index is 0.0950. The molecule has 0 unspecified atom stereocenters. The summed E-state index contributed by atoms with van der Waals surface area (Å²) in [7, 11) is 0. The zero-order valence-electron chi connectivity index (χ0n) is 14.9. The molecule has 0 aliphatic carbocycles. The Morgan fingerprint density at radius 2 is 1.80 bits per heavy atom. The van der Waals surface area contributed by atoms with Gasteiger partial charge in [0.1, 0.15) is 0 Å². The number of carbonyl (C=O) groups is 1. The van der Waals surface area contributed by atoms with Crippen LogP contribution in [0, 0.1) is 0 Å². The Balaban J connectivity index is 1.55. The first-order valence-corrected chi connectivity index (χ1v) is 9.06. The number of rotatable bonds is 6. The van der Waals surface area contributed by atoms with Gasteiger partial charge in [-0.05, 0) is 28.7 Å². The minimum atomic E-state index is 0.0950. The van der Waals surface area contributed by atoms with Gasteiger partial charge in [0.15, 0.2) is 0 Å². The van der Waals surface area contributed by atoms with E-state index in [1.165, 1.54) is 16.7 Å². The molecule has 3 nitrogen and oxygen atoms in total. The van der Waals surface area contributed by atoms with Gasteiger partial charge in [-0.1, -0.05) is 67.6 Å². The highest BCUT2D eigenvalue weighted by molar-refractivity contribution is 5.75. The van der Waals surface area contributed by atoms with Crippen molar-refractivity contribution in [2.24, 2.45) is 0 Å². The summed E-state index contributed by atoms with van der Waals surface area (Å²) in [6.45, 7) is 5.58. The third-order valence-electron chi connectivity index (χ3n) is 4.68. The number of nitrogens with zero attached hydrogens (tertiary/aromatic N) is 1. The SMILES string of the molecule is CCC(=O)NCc1ccc(C2=CCN(Cc3ccccc3)CC2)cc1. The van der Waals surface area contributed by atoms with Gasteiger partial charge in [-0.15, -0.1) is 0 Å². The van der Waals surface area contributed by atoms with Crippen molar-refractivity contribution in [3.63, 3.8) is 0 Å². The second kappa shape index (κ2) is 8.63. The van der Waals surface area contributed by atoms with Gasteiger partial charge in [0.05, 0.1) is 0 Å². The Kier molecular flexibility index (Phi) is 6.02. The first-order valence-electron chi connectivity index (χ1n) is 9.06. The van der Waals surface area contributed by atoms with Crippen molar-refractivity contribution in [2.45, 2.75) is 32.9 Å². The van der Waals surface area contributed by atoms with Gasteiger partial charge in [0.25, 0.3) is 0 Å². The van der Waals surface area contributed by atoms with Crippen LogP contribution in [0.2, 0.25) is 0 Å². The largest absolute Gasteiger partial charge is 0.352 e. The number of benzene rings is 2. The Labute approximate surface area is 150 Å². The topological polar surface area (TPSA) is 32.3 Å². The molecule has 0 saturated heterocycles. The number of hydrogen-bond acceptors (Lipinski definition) is 2. The zero-order chi connectivity index (χ0) is 17.5. The maximum Gasteiger partial charge on any atom is 0.219 e. The van der Waals surface area contributed by atoms with Crippen molar-refractivity contribution in [2.75, 3.05) is 13.1 Å². The monoisotopic (exact) mass is 334 g/mol. The van der Waals surface area contributed by atoms with Gasteiger partial charge in [0.2, 0.25) is 5.91 Å². The highest BCUT2D eigenvalue weighted by atomic mass is 16.1. The first-order chi connectivity index (χ1) is 12.2. The van der Waals surface area contributed by atoms with E-state index >= 15 is 0 Å². The molecule has 0 radical (unpaired) electrons. The van der Waals surface area contributed by atoms with Crippen molar-refractivity contribution in [1.82, 2.24) is 10.2 Å². The third kappa shape index (κ3) is 5.04. The highest BCUT2D eigenvalue weighted by Gasteiger charge is 2.13. The van der Waals surface area contributed by atoms with E-state index in [2.05, 4.69) is 70.9 Å². The Bertz CT molecular complexity index is 719. The Hall–Kier alpha value is -2.39. The summed E-state index contributed by atoms with van der Waals surface area (Å²) < 4.78 is 0. The van der Waals surface area contributed by atoms with Gasteiger partial charge in [-0.3, -0.25) is 9.69 Å². The van der Waals surface area contributed by atoms with E-state index in [0.29, 0.717) is 13.0 Å². The molecule has 3 heteroatoms. The number of nitrogens with one attached hydrogen (secondary N) is 1. The standard InChI is InChI=1S/C22H26N2O/c1-2-22(25)23-16-18-8-10-20(11-9-18)21-12-14-24(15-13-21)17-19-6-4-3-5-7-19/h3-12H,2,13-17H2,1H3,(H,23,25). The van der Waals surface area contributed by atoms with Crippen LogP contribution < -0.4 is 5.32 Å². The quantitative estimate of drug-likeness (QED) is 0.866.